The van der Waals surface area contributed by atoms with Crippen LogP contribution in [0.1, 0.15) is 20.3 Å². The van der Waals surface area contributed by atoms with Crippen molar-refractivity contribution in [3.8, 4) is 0 Å². The van der Waals surface area contributed by atoms with Crippen molar-refractivity contribution in [2.24, 2.45) is 5.92 Å². The number of amides is 2. The van der Waals surface area contributed by atoms with Gasteiger partial charge in [-0.1, -0.05) is 26.3 Å². The van der Waals surface area contributed by atoms with Crippen molar-refractivity contribution in [3.63, 3.8) is 0 Å². The van der Waals surface area contributed by atoms with Crippen LogP contribution in [-0.2, 0) is 9.59 Å². The second kappa shape index (κ2) is 4.96. The molecule has 4 heteroatoms. The fraction of sp³-hybridized carbons (Fsp3) is 0.636. The van der Waals surface area contributed by atoms with Gasteiger partial charge in [0.05, 0.1) is 6.54 Å². The van der Waals surface area contributed by atoms with Crippen LogP contribution in [0, 0.1) is 5.92 Å². The predicted molar refractivity (Wildman–Crippen MR) is 58.2 cm³/mol. The molecule has 1 aliphatic rings. The fourth-order valence-electron chi connectivity index (χ4n) is 1.66. The first-order chi connectivity index (χ1) is 7.10. The third-order valence-corrected chi connectivity index (χ3v) is 2.79. The molecule has 1 heterocycles. The first kappa shape index (κ1) is 11.8. The van der Waals surface area contributed by atoms with Crippen molar-refractivity contribution in [3.05, 3.63) is 12.7 Å². The number of piperazine rings is 1. The minimum absolute atomic E-state index is 0.00356. The van der Waals surface area contributed by atoms with E-state index in [1.165, 1.54) is 0 Å². The number of hydrogen-bond donors (Lipinski definition) is 1. The summed E-state index contributed by atoms with van der Waals surface area (Å²) in [7, 11) is 0. The van der Waals surface area contributed by atoms with Crippen LogP contribution >= 0.6 is 0 Å². The van der Waals surface area contributed by atoms with Crippen LogP contribution in [-0.4, -0.2) is 35.8 Å². The molecule has 0 aliphatic carbocycles. The highest BCUT2D eigenvalue weighted by molar-refractivity contribution is 5.95. The zero-order valence-electron chi connectivity index (χ0n) is 9.32. The third-order valence-electron chi connectivity index (χ3n) is 2.79. The van der Waals surface area contributed by atoms with Gasteiger partial charge in [-0.25, -0.2) is 0 Å². The molecule has 84 valence electrons. The summed E-state index contributed by atoms with van der Waals surface area (Å²) in [5.74, 6) is 0.0969. The molecule has 1 fully saturated rings. The molecule has 1 rings (SSSR count). The van der Waals surface area contributed by atoms with E-state index >= 15 is 0 Å². The monoisotopic (exact) mass is 210 g/mol. The Morgan fingerprint density at radius 2 is 2.33 bits per heavy atom. The quantitative estimate of drug-likeness (QED) is 0.689. The van der Waals surface area contributed by atoms with Crippen LogP contribution in [0.25, 0.3) is 0 Å². The van der Waals surface area contributed by atoms with Gasteiger partial charge in [-0.3, -0.25) is 9.59 Å². The minimum Gasteiger partial charge on any atom is -0.342 e. The Kier molecular flexibility index (Phi) is 3.88. The van der Waals surface area contributed by atoms with Gasteiger partial charge < -0.3 is 10.2 Å². The molecule has 2 amide bonds. The SMILES string of the molecule is C=CCN1CC(=O)NC(C(C)CC)C1=O. The molecule has 1 saturated heterocycles. The third kappa shape index (κ3) is 2.58. The highest BCUT2D eigenvalue weighted by Crippen LogP contribution is 2.13. The lowest BCUT2D eigenvalue weighted by molar-refractivity contribution is -0.145. The lowest BCUT2D eigenvalue weighted by atomic mass is 9.96. The number of rotatable bonds is 4. The van der Waals surface area contributed by atoms with Crippen molar-refractivity contribution in [2.75, 3.05) is 13.1 Å². The molecule has 0 radical (unpaired) electrons. The van der Waals surface area contributed by atoms with E-state index in [0.29, 0.717) is 6.54 Å². The smallest absolute Gasteiger partial charge is 0.246 e. The summed E-state index contributed by atoms with van der Waals surface area (Å²) >= 11 is 0. The average Bonchev–Trinajstić information content (AvgIpc) is 2.22. The molecular weight excluding hydrogens is 192 g/mol. The van der Waals surface area contributed by atoms with E-state index in [4.69, 9.17) is 0 Å². The van der Waals surface area contributed by atoms with Gasteiger partial charge in [0.15, 0.2) is 0 Å². The Hall–Kier alpha value is -1.32. The summed E-state index contributed by atoms with van der Waals surface area (Å²) < 4.78 is 0. The predicted octanol–water partition coefficient (Wildman–Crippen LogP) is 0.545. The molecule has 2 atom stereocenters. The molecule has 0 spiro atoms. The fourth-order valence-corrected chi connectivity index (χ4v) is 1.66. The largest absolute Gasteiger partial charge is 0.342 e. The molecule has 0 aromatic rings. The number of carbonyl (C=O) groups excluding carboxylic acids is 2. The number of nitrogens with zero attached hydrogens (tertiary/aromatic N) is 1. The summed E-state index contributed by atoms with van der Waals surface area (Å²) in [6, 6.07) is -0.365. The summed E-state index contributed by atoms with van der Waals surface area (Å²) in [4.78, 5) is 24.9. The molecule has 0 aromatic heterocycles. The van der Waals surface area contributed by atoms with Gasteiger partial charge in [0.1, 0.15) is 6.04 Å². The van der Waals surface area contributed by atoms with E-state index < -0.39 is 0 Å². The molecule has 0 aromatic carbocycles. The number of hydrogen-bond acceptors (Lipinski definition) is 2. The Bertz CT molecular complexity index is 276. The summed E-state index contributed by atoms with van der Waals surface area (Å²) in [5.41, 5.74) is 0. The van der Waals surface area contributed by atoms with Gasteiger partial charge in [0.2, 0.25) is 11.8 Å². The van der Waals surface area contributed by atoms with Gasteiger partial charge in [-0.15, -0.1) is 6.58 Å². The second-order valence-electron chi connectivity index (χ2n) is 3.94. The van der Waals surface area contributed by atoms with Crippen LogP contribution in [0.4, 0.5) is 0 Å². The van der Waals surface area contributed by atoms with Gasteiger partial charge in [-0.05, 0) is 5.92 Å². The van der Waals surface area contributed by atoms with Crippen LogP contribution < -0.4 is 5.32 Å². The molecule has 0 bridgehead atoms. The van der Waals surface area contributed by atoms with Crippen molar-refractivity contribution >= 4 is 11.8 Å². The normalized spacial score (nSPS) is 23.6. The summed E-state index contributed by atoms with van der Waals surface area (Å²) in [6.07, 6.45) is 2.52. The first-order valence-corrected chi connectivity index (χ1v) is 5.29. The Morgan fingerprint density at radius 1 is 1.67 bits per heavy atom. The van der Waals surface area contributed by atoms with E-state index in [2.05, 4.69) is 11.9 Å². The Morgan fingerprint density at radius 3 is 2.87 bits per heavy atom. The summed E-state index contributed by atoms with van der Waals surface area (Å²) in [6.45, 7) is 8.16. The lowest BCUT2D eigenvalue weighted by Crippen LogP contribution is -2.60. The van der Waals surface area contributed by atoms with Crippen molar-refractivity contribution in [1.82, 2.24) is 10.2 Å². The van der Waals surface area contributed by atoms with Crippen LogP contribution in [0.3, 0.4) is 0 Å². The zero-order valence-corrected chi connectivity index (χ0v) is 9.32. The standard InChI is InChI=1S/C11H18N2O2/c1-4-6-13-7-9(14)12-10(11(13)15)8(3)5-2/h4,8,10H,1,5-7H2,2-3H3,(H,12,14). The molecule has 15 heavy (non-hydrogen) atoms. The van der Waals surface area contributed by atoms with Crippen molar-refractivity contribution in [2.45, 2.75) is 26.3 Å². The van der Waals surface area contributed by atoms with Gasteiger partial charge in [0, 0.05) is 6.54 Å². The van der Waals surface area contributed by atoms with Gasteiger partial charge in [-0.2, -0.15) is 0 Å². The topological polar surface area (TPSA) is 49.4 Å². The molecule has 1 aliphatic heterocycles. The van der Waals surface area contributed by atoms with E-state index in [9.17, 15) is 9.59 Å². The molecular formula is C11H18N2O2. The number of carbonyl (C=O) groups is 2. The second-order valence-corrected chi connectivity index (χ2v) is 3.94. The molecule has 0 saturated carbocycles. The maximum Gasteiger partial charge on any atom is 0.246 e. The average molecular weight is 210 g/mol. The van der Waals surface area contributed by atoms with E-state index in [1.54, 1.807) is 11.0 Å². The van der Waals surface area contributed by atoms with Gasteiger partial charge in [0.25, 0.3) is 0 Å². The highest BCUT2D eigenvalue weighted by atomic mass is 16.2. The van der Waals surface area contributed by atoms with Crippen LogP contribution in [0.2, 0.25) is 0 Å². The zero-order chi connectivity index (χ0) is 11.4. The minimum atomic E-state index is -0.365. The summed E-state index contributed by atoms with van der Waals surface area (Å²) in [5, 5.41) is 2.74. The van der Waals surface area contributed by atoms with Crippen LogP contribution in [0.15, 0.2) is 12.7 Å². The van der Waals surface area contributed by atoms with E-state index in [-0.39, 0.29) is 30.3 Å². The maximum atomic E-state index is 11.9. The van der Waals surface area contributed by atoms with Crippen LogP contribution in [0.5, 0.6) is 0 Å². The Balaban J connectivity index is 2.75. The van der Waals surface area contributed by atoms with Crippen molar-refractivity contribution < 1.29 is 9.59 Å². The molecule has 4 nitrogen and oxygen atoms in total. The Labute approximate surface area is 90.3 Å². The number of nitrogens with one attached hydrogen (secondary N) is 1. The highest BCUT2D eigenvalue weighted by Gasteiger charge is 2.34. The maximum absolute atomic E-state index is 11.9. The lowest BCUT2D eigenvalue weighted by Gasteiger charge is -2.34. The van der Waals surface area contributed by atoms with E-state index in [0.717, 1.165) is 6.42 Å². The molecule has 1 N–H and O–H groups in total. The van der Waals surface area contributed by atoms with Crippen molar-refractivity contribution in [1.29, 1.82) is 0 Å². The van der Waals surface area contributed by atoms with E-state index in [1.807, 2.05) is 13.8 Å². The molecule has 2 unspecified atom stereocenters. The first-order valence-electron chi connectivity index (χ1n) is 5.29. The van der Waals surface area contributed by atoms with Gasteiger partial charge >= 0.3 is 0 Å².